The molecule has 2 aliphatic heterocycles. The van der Waals surface area contributed by atoms with Gasteiger partial charge in [0.2, 0.25) is 5.91 Å². The van der Waals surface area contributed by atoms with Crippen LogP contribution in [0.4, 0.5) is 0 Å². The highest BCUT2D eigenvalue weighted by Crippen LogP contribution is 2.24. The molecule has 5 nitrogen and oxygen atoms in total. The minimum atomic E-state index is 0.0225. The number of halogens is 1. The molecule has 1 aromatic rings. The number of nitrogens with zero attached hydrogens (tertiary/aromatic N) is 2. The molecular formula is C21H32ClN3O2. The number of benzene rings is 1. The minimum absolute atomic E-state index is 0.0225. The molecule has 2 fully saturated rings. The molecular weight excluding hydrogens is 362 g/mol. The van der Waals surface area contributed by atoms with E-state index < -0.39 is 0 Å². The van der Waals surface area contributed by atoms with Crippen molar-refractivity contribution in [2.45, 2.75) is 44.7 Å². The molecule has 1 amide bonds. The van der Waals surface area contributed by atoms with Crippen LogP contribution in [0.25, 0.3) is 0 Å². The second-order valence-electron chi connectivity index (χ2n) is 7.51. The number of carbonyl (C=O) groups excluding carboxylic acids is 1. The van der Waals surface area contributed by atoms with Crippen LogP contribution in [0.3, 0.4) is 0 Å². The molecule has 0 bridgehead atoms. The van der Waals surface area contributed by atoms with Crippen LogP contribution in [0, 0.1) is 0 Å². The number of piperidine rings is 1. The third kappa shape index (κ3) is 5.67. The van der Waals surface area contributed by atoms with Gasteiger partial charge in [-0.3, -0.25) is 14.6 Å². The lowest BCUT2D eigenvalue weighted by molar-refractivity contribution is -0.128. The Labute approximate surface area is 168 Å². The van der Waals surface area contributed by atoms with Crippen molar-refractivity contribution in [3.8, 4) is 0 Å². The van der Waals surface area contributed by atoms with Crippen LogP contribution in [0.1, 0.15) is 44.2 Å². The molecule has 27 heavy (non-hydrogen) atoms. The topological polar surface area (TPSA) is 44.8 Å². The lowest BCUT2D eigenvalue weighted by Gasteiger charge is -2.37. The summed E-state index contributed by atoms with van der Waals surface area (Å²) >= 11 is 6.07. The summed E-state index contributed by atoms with van der Waals surface area (Å²) in [6.07, 6.45) is 4.40. The van der Waals surface area contributed by atoms with E-state index in [1.165, 1.54) is 12.0 Å². The van der Waals surface area contributed by atoms with Gasteiger partial charge in [-0.15, -0.1) is 0 Å². The van der Waals surface area contributed by atoms with E-state index in [4.69, 9.17) is 16.3 Å². The molecule has 6 heteroatoms. The summed E-state index contributed by atoms with van der Waals surface area (Å²) in [5.74, 6) is 0.176. The van der Waals surface area contributed by atoms with Gasteiger partial charge >= 0.3 is 0 Å². The fraction of sp³-hybridized carbons (Fsp3) is 0.667. The second-order valence-corrected chi connectivity index (χ2v) is 7.94. The van der Waals surface area contributed by atoms with Crippen molar-refractivity contribution < 1.29 is 9.53 Å². The summed E-state index contributed by atoms with van der Waals surface area (Å²) in [5.41, 5.74) is 1.19. The molecule has 1 N–H and O–H groups in total. The zero-order chi connectivity index (χ0) is 19.1. The molecule has 2 heterocycles. The Hall–Kier alpha value is -1.14. The van der Waals surface area contributed by atoms with Crippen LogP contribution in [-0.4, -0.2) is 67.7 Å². The van der Waals surface area contributed by atoms with Gasteiger partial charge in [0.25, 0.3) is 0 Å². The Morgan fingerprint density at radius 3 is 2.67 bits per heavy atom. The maximum absolute atomic E-state index is 12.9. The number of amides is 1. The van der Waals surface area contributed by atoms with Crippen LogP contribution >= 0.6 is 11.6 Å². The van der Waals surface area contributed by atoms with Crippen molar-refractivity contribution in [3.63, 3.8) is 0 Å². The number of hydrogen-bond acceptors (Lipinski definition) is 4. The first kappa shape index (κ1) is 20.6. The maximum Gasteiger partial charge on any atom is 0.237 e. The maximum atomic E-state index is 12.9. The predicted octanol–water partition coefficient (Wildman–Crippen LogP) is 3.09. The number of nitrogens with one attached hydrogen (secondary N) is 1. The zero-order valence-corrected chi connectivity index (χ0v) is 17.1. The van der Waals surface area contributed by atoms with Gasteiger partial charge in [0.05, 0.1) is 25.3 Å². The summed E-state index contributed by atoms with van der Waals surface area (Å²) < 4.78 is 5.51. The van der Waals surface area contributed by atoms with E-state index >= 15 is 0 Å². The minimum Gasteiger partial charge on any atom is -0.379 e. The van der Waals surface area contributed by atoms with E-state index in [0.717, 1.165) is 63.7 Å². The van der Waals surface area contributed by atoms with Crippen molar-refractivity contribution in [2.75, 3.05) is 45.9 Å². The fourth-order valence-electron chi connectivity index (χ4n) is 4.19. The van der Waals surface area contributed by atoms with Gasteiger partial charge in [-0.2, -0.15) is 0 Å². The van der Waals surface area contributed by atoms with Crippen molar-refractivity contribution in [2.24, 2.45) is 0 Å². The largest absolute Gasteiger partial charge is 0.379 e. The Bertz CT molecular complexity index is 588. The summed E-state index contributed by atoms with van der Waals surface area (Å²) in [4.78, 5) is 17.7. The quantitative estimate of drug-likeness (QED) is 0.773. The third-order valence-corrected chi connectivity index (χ3v) is 5.89. The first-order chi connectivity index (χ1) is 13.2. The van der Waals surface area contributed by atoms with Crippen LogP contribution < -0.4 is 5.32 Å². The van der Waals surface area contributed by atoms with E-state index in [9.17, 15) is 4.79 Å². The van der Waals surface area contributed by atoms with Crippen molar-refractivity contribution in [1.82, 2.24) is 15.1 Å². The second kappa shape index (κ2) is 10.4. The number of rotatable bonds is 7. The molecule has 0 spiro atoms. The van der Waals surface area contributed by atoms with Crippen LogP contribution in [0.5, 0.6) is 0 Å². The van der Waals surface area contributed by atoms with Crippen LogP contribution in [0.2, 0.25) is 5.02 Å². The Morgan fingerprint density at radius 1 is 1.22 bits per heavy atom. The summed E-state index contributed by atoms with van der Waals surface area (Å²) in [6, 6.07) is 8.16. The number of ether oxygens (including phenoxy) is 1. The standard InChI is InChI=1S/C21H32ClN3O2/c1-2-10-24-11-4-3-5-19(24)21(26)23-16-20(25-12-14-27-15-13-25)17-6-8-18(22)9-7-17/h6-9,19-20H,2-5,10-16H2,1H3,(H,23,26). The van der Waals surface area contributed by atoms with Gasteiger partial charge in [-0.25, -0.2) is 0 Å². The van der Waals surface area contributed by atoms with Gasteiger partial charge in [0.15, 0.2) is 0 Å². The predicted molar refractivity (Wildman–Crippen MR) is 109 cm³/mol. The highest BCUT2D eigenvalue weighted by molar-refractivity contribution is 6.30. The molecule has 0 aromatic heterocycles. The van der Waals surface area contributed by atoms with Gasteiger partial charge in [0.1, 0.15) is 0 Å². The van der Waals surface area contributed by atoms with E-state index in [-0.39, 0.29) is 18.0 Å². The molecule has 2 aliphatic rings. The zero-order valence-electron chi connectivity index (χ0n) is 16.3. The SMILES string of the molecule is CCCN1CCCCC1C(=O)NCC(c1ccc(Cl)cc1)N1CCOCC1. The molecule has 0 radical (unpaired) electrons. The lowest BCUT2D eigenvalue weighted by Crippen LogP contribution is -2.51. The van der Waals surface area contributed by atoms with Crippen molar-refractivity contribution in [1.29, 1.82) is 0 Å². The van der Waals surface area contributed by atoms with Gasteiger partial charge < -0.3 is 10.1 Å². The van der Waals surface area contributed by atoms with E-state index in [2.05, 4.69) is 34.2 Å². The van der Waals surface area contributed by atoms with Gasteiger partial charge in [0, 0.05) is 24.7 Å². The number of morpholine rings is 1. The smallest absolute Gasteiger partial charge is 0.237 e. The first-order valence-electron chi connectivity index (χ1n) is 10.3. The molecule has 0 aliphatic carbocycles. The monoisotopic (exact) mass is 393 g/mol. The molecule has 150 valence electrons. The fourth-order valence-corrected chi connectivity index (χ4v) is 4.32. The highest BCUT2D eigenvalue weighted by Gasteiger charge is 2.29. The Kier molecular flexibility index (Phi) is 7.94. The summed E-state index contributed by atoms with van der Waals surface area (Å²) in [5, 5.41) is 3.99. The number of hydrogen-bond donors (Lipinski definition) is 1. The van der Waals surface area contributed by atoms with Crippen molar-refractivity contribution in [3.05, 3.63) is 34.9 Å². The molecule has 0 saturated carbocycles. The summed E-state index contributed by atoms with van der Waals surface area (Å²) in [7, 11) is 0. The highest BCUT2D eigenvalue weighted by atomic mass is 35.5. The van der Waals surface area contributed by atoms with E-state index in [1.807, 2.05) is 12.1 Å². The number of likely N-dealkylation sites (tertiary alicyclic amines) is 1. The van der Waals surface area contributed by atoms with Crippen LogP contribution in [-0.2, 0) is 9.53 Å². The van der Waals surface area contributed by atoms with Gasteiger partial charge in [-0.05, 0) is 50.0 Å². The normalized spacial score (nSPS) is 23.1. The molecule has 2 saturated heterocycles. The molecule has 2 atom stereocenters. The Morgan fingerprint density at radius 2 is 1.96 bits per heavy atom. The van der Waals surface area contributed by atoms with E-state index in [1.54, 1.807) is 0 Å². The van der Waals surface area contributed by atoms with Crippen molar-refractivity contribution >= 4 is 17.5 Å². The number of carbonyl (C=O) groups is 1. The molecule has 2 unspecified atom stereocenters. The lowest BCUT2D eigenvalue weighted by atomic mass is 10.0. The third-order valence-electron chi connectivity index (χ3n) is 5.64. The first-order valence-corrected chi connectivity index (χ1v) is 10.7. The average Bonchev–Trinajstić information content (AvgIpc) is 2.71. The van der Waals surface area contributed by atoms with E-state index in [0.29, 0.717) is 6.54 Å². The summed E-state index contributed by atoms with van der Waals surface area (Å²) in [6.45, 7) is 8.09. The average molecular weight is 394 g/mol. The van der Waals surface area contributed by atoms with Crippen LogP contribution in [0.15, 0.2) is 24.3 Å². The Balaban J connectivity index is 1.66. The van der Waals surface area contributed by atoms with Gasteiger partial charge in [-0.1, -0.05) is 37.1 Å². The molecule has 3 rings (SSSR count). The molecule has 1 aromatic carbocycles.